The zero-order chi connectivity index (χ0) is 20.9. The van der Waals surface area contributed by atoms with E-state index in [0.29, 0.717) is 11.8 Å². The van der Waals surface area contributed by atoms with Crippen LogP contribution in [0.25, 0.3) is 27.7 Å². The fourth-order valence-corrected chi connectivity index (χ4v) is 4.05. The van der Waals surface area contributed by atoms with Crippen molar-refractivity contribution in [3.63, 3.8) is 0 Å². The molecule has 1 aliphatic rings. The summed E-state index contributed by atoms with van der Waals surface area (Å²) in [6.45, 7) is 3.72. The summed E-state index contributed by atoms with van der Waals surface area (Å²) in [5.41, 5.74) is 3.80. The number of ether oxygens (including phenoxy) is 1. The molecule has 5 rings (SSSR count). The van der Waals surface area contributed by atoms with E-state index in [4.69, 9.17) is 4.74 Å². The molecule has 3 heterocycles. The van der Waals surface area contributed by atoms with Crippen LogP contribution in [-0.2, 0) is 0 Å². The monoisotopic (exact) mass is 404 g/mol. The summed E-state index contributed by atoms with van der Waals surface area (Å²) in [6.07, 6.45) is 7.06. The molecule has 0 saturated heterocycles. The minimum atomic E-state index is -0.653. The van der Waals surface area contributed by atoms with E-state index < -0.39 is 5.60 Å². The van der Waals surface area contributed by atoms with Crippen LogP contribution in [0.5, 0.6) is 5.88 Å². The molecule has 0 aliphatic heterocycles. The van der Waals surface area contributed by atoms with Gasteiger partial charge in [-0.15, -0.1) is 5.10 Å². The number of methoxy groups -OCH3 is 1. The highest BCUT2D eigenvalue weighted by molar-refractivity contribution is 5.89. The normalized spacial score (nSPS) is 19.1. The molecule has 2 N–H and O–H groups in total. The van der Waals surface area contributed by atoms with Crippen molar-refractivity contribution in [3.05, 3.63) is 42.9 Å². The van der Waals surface area contributed by atoms with Gasteiger partial charge in [-0.3, -0.25) is 9.97 Å². The number of hydrogen-bond acceptors (Lipinski definition) is 7. The third kappa shape index (κ3) is 3.23. The summed E-state index contributed by atoms with van der Waals surface area (Å²) in [5.74, 6) is 1.31. The fraction of sp³-hybridized carbons (Fsp3) is 0.364. The van der Waals surface area contributed by atoms with Crippen molar-refractivity contribution in [2.24, 2.45) is 5.92 Å². The van der Waals surface area contributed by atoms with Crippen LogP contribution in [0.4, 0.5) is 5.95 Å². The van der Waals surface area contributed by atoms with E-state index in [1.165, 1.54) is 0 Å². The van der Waals surface area contributed by atoms with Gasteiger partial charge < -0.3 is 15.2 Å². The van der Waals surface area contributed by atoms with Crippen LogP contribution in [0.3, 0.4) is 0 Å². The van der Waals surface area contributed by atoms with E-state index in [-0.39, 0.29) is 12.0 Å². The lowest BCUT2D eigenvalue weighted by molar-refractivity contribution is -0.0230. The summed E-state index contributed by atoms with van der Waals surface area (Å²) in [4.78, 5) is 13.3. The van der Waals surface area contributed by atoms with Crippen molar-refractivity contribution in [1.82, 2.24) is 24.6 Å². The molecule has 1 fully saturated rings. The Morgan fingerprint density at radius 1 is 1.13 bits per heavy atom. The Hall–Kier alpha value is -3.26. The van der Waals surface area contributed by atoms with Gasteiger partial charge in [0.05, 0.1) is 23.7 Å². The van der Waals surface area contributed by atoms with Gasteiger partial charge in [-0.05, 0) is 56.4 Å². The first-order valence-corrected chi connectivity index (χ1v) is 10.1. The maximum absolute atomic E-state index is 10.1. The topological polar surface area (TPSA) is 97.5 Å². The highest BCUT2D eigenvalue weighted by atomic mass is 16.5. The van der Waals surface area contributed by atoms with E-state index in [2.05, 4.69) is 25.4 Å². The number of anilines is 1. The first-order chi connectivity index (χ1) is 14.4. The first kappa shape index (κ1) is 18.7. The molecule has 4 aromatic rings. The molecule has 8 nitrogen and oxygen atoms in total. The van der Waals surface area contributed by atoms with Crippen LogP contribution < -0.4 is 10.1 Å². The summed E-state index contributed by atoms with van der Waals surface area (Å²) in [5, 5.41) is 18.1. The second kappa shape index (κ2) is 6.91. The van der Waals surface area contributed by atoms with E-state index >= 15 is 0 Å². The molecular weight excluding hydrogens is 380 g/mol. The van der Waals surface area contributed by atoms with Gasteiger partial charge in [-0.25, -0.2) is 4.52 Å². The molecule has 0 unspecified atom stereocenters. The molecule has 1 aromatic carbocycles. The lowest BCUT2D eigenvalue weighted by atomic mass is 9.71. The van der Waals surface area contributed by atoms with Gasteiger partial charge in [0.25, 0.3) is 0 Å². The van der Waals surface area contributed by atoms with Gasteiger partial charge in [0.1, 0.15) is 5.52 Å². The van der Waals surface area contributed by atoms with E-state index in [9.17, 15) is 5.11 Å². The summed E-state index contributed by atoms with van der Waals surface area (Å²) in [7, 11) is 1.61. The number of hydrogen-bond donors (Lipinski definition) is 2. The number of benzene rings is 1. The summed E-state index contributed by atoms with van der Waals surface area (Å²) in [6, 6.07) is 8.23. The van der Waals surface area contributed by atoms with Gasteiger partial charge in [-0.1, -0.05) is 6.07 Å². The maximum atomic E-state index is 10.1. The Labute approximate surface area is 174 Å². The maximum Gasteiger partial charge on any atom is 0.244 e. The highest BCUT2D eigenvalue weighted by Crippen LogP contribution is 2.38. The number of aromatic nitrogens is 5. The summed E-state index contributed by atoms with van der Waals surface area (Å²) < 4.78 is 7.39. The molecule has 8 heteroatoms. The van der Waals surface area contributed by atoms with Crippen LogP contribution in [-0.4, -0.2) is 48.4 Å². The van der Waals surface area contributed by atoms with Crippen LogP contribution in [0, 0.1) is 5.92 Å². The lowest BCUT2D eigenvalue weighted by Crippen LogP contribution is -2.46. The lowest BCUT2D eigenvalue weighted by Gasteiger charge is -2.42. The predicted molar refractivity (Wildman–Crippen MR) is 115 cm³/mol. The van der Waals surface area contributed by atoms with E-state index in [1.54, 1.807) is 24.0 Å². The van der Waals surface area contributed by atoms with Gasteiger partial charge >= 0.3 is 0 Å². The largest absolute Gasteiger partial charge is 0.479 e. The van der Waals surface area contributed by atoms with Crippen LogP contribution in [0.15, 0.2) is 42.9 Å². The minimum absolute atomic E-state index is 0.248. The molecule has 0 bridgehead atoms. The molecule has 0 amide bonds. The second-order valence-electron chi connectivity index (χ2n) is 8.39. The third-order valence-corrected chi connectivity index (χ3v) is 5.92. The molecule has 1 saturated carbocycles. The molecule has 0 radical (unpaired) electrons. The van der Waals surface area contributed by atoms with E-state index in [0.717, 1.165) is 40.5 Å². The average molecular weight is 404 g/mol. The van der Waals surface area contributed by atoms with Crippen molar-refractivity contribution in [1.29, 1.82) is 0 Å². The predicted octanol–water partition coefficient (Wildman–Crippen LogP) is 3.31. The zero-order valence-corrected chi connectivity index (χ0v) is 17.2. The Kier molecular flexibility index (Phi) is 4.32. The molecule has 30 heavy (non-hydrogen) atoms. The SMILES string of the molecule is COc1nc(NC2CC(C(C)(C)O)C2)nn2ccc(-c3ccc4nccnc4c3)c12. The van der Waals surface area contributed by atoms with Crippen molar-refractivity contribution in [2.45, 2.75) is 38.3 Å². The Morgan fingerprint density at radius 3 is 2.63 bits per heavy atom. The molecule has 3 aromatic heterocycles. The Morgan fingerprint density at radius 2 is 1.90 bits per heavy atom. The number of nitrogens with zero attached hydrogens (tertiary/aromatic N) is 5. The Balaban J connectivity index is 1.47. The highest BCUT2D eigenvalue weighted by Gasteiger charge is 2.39. The van der Waals surface area contributed by atoms with Crippen LogP contribution >= 0.6 is 0 Å². The standard InChI is InChI=1S/C22H24N6O2/c1-22(2,29)14-11-15(12-14)25-21-26-20(30-3)19-16(6-9-28(19)27-21)13-4-5-17-18(10-13)24-8-7-23-17/h4-10,14-15,29H,11-12H2,1-3H3,(H,25,27). The van der Waals surface area contributed by atoms with Crippen molar-refractivity contribution in [2.75, 3.05) is 12.4 Å². The average Bonchev–Trinajstić information content (AvgIpc) is 3.12. The van der Waals surface area contributed by atoms with Gasteiger partial charge in [0.15, 0.2) is 0 Å². The summed E-state index contributed by atoms with van der Waals surface area (Å²) >= 11 is 0. The Bertz CT molecular complexity index is 1220. The zero-order valence-electron chi connectivity index (χ0n) is 17.2. The number of aliphatic hydroxyl groups is 1. The smallest absolute Gasteiger partial charge is 0.244 e. The number of nitrogens with one attached hydrogen (secondary N) is 1. The molecule has 1 aliphatic carbocycles. The van der Waals surface area contributed by atoms with Crippen molar-refractivity contribution >= 4 is 22.5 Å². The molecule has 0 spiro atoms. The minimum Gasteiger partial charge on any atom is -0.479 e. The van der Waals surface area contributed by atoms with Gasteiger partial charge in [0.2, 0.25) is 11.8 Å². The van der Waals surface area contributed by atoms with Crippen molar-refractivity contribution < 1.29 is 9.84 Å². The first-order valence-electron chi connectivity index (χ1n) is 10.1. The van der Waals surface area contributed by atoms with Crippen LogP contribution in [0.1, 0.15) is 26.7 Å². The van der Waals surface area contributed by atoms with Crippen LogP contribution in [0.2, 0.25) is 0 Å². The molecule has 154 valence electrons. The van der Waals surface area contributed by atoms with Crippen molar-refractivity contribution in [3.8, 4) is 17.0 Å². The second-order valence-corrected chi connectivity index (χ2v) is 8.39. The fourth-order valence-electron chi connectivity index (χ4n) is 4.05. The third-order valence-electron chi connectivity index (χ3n) is 5.92. The molecular formula is C22H24N6O2. The van der Waals surface area contributed by atoms with E-state index in [1.807, 2.05) is 44.3 Å². The quantitative estimate of drug-likeness (QED) is 0.527. The van der Waals surface area contributed by atoms with Gasteiger partial charge in [-0.2, -0.15) is 4.98 Å². The number of fused-ring (bicyclic) bond motifs is 2. The number of rotatable bonds is 5. The van der Waals surface area contributed by atoms with Gasteiger partial charge in [0, 0.05) is 30.2 Å². The molecule has 0 atom stereocenters.